The van der Waals surface area contributed by atoms with Crippen LogP contribution in [0, 0.1) is 23.6 Å². The van der Waals surface area contributed by atoms with Crippen LogP contribution in [0.2, 0.25) is 5.02 Å². The SMILES string of the molecule is C=Cn1c(C(C)=C2NC=CN2)ccc(-c2c(F)ccc(NCc3cc(Cl)cnc3C)c2F)c1=P. The van der Waals surface area contributed by atoms with Crippen molar-refractivity contribution in [3.05, 3.63) is 100 Å². The molecule has 0 spiro atoms. The first kappa shape index (κ1) is 23.7. The van der Waals surface area contributed by atoms with Gasteiger partial charge in [0, 0.05) is 48.2 Å². The summed E-state index contributed by atoms with van der Waals surface area (Å²) in [5.74, 6) is -0.567. The molecule has 3 heterocycles. The van der Waals surface area contributed by atoms with Crippen LogP contribution < -0.4 is 16.0 Å². The highest BCUT2D eigenvalue weighted by Crippen LogP contribution is 2.33. The molecule has 0 atom stereocenters. The largest absolute Gasteiger partial charge is 0.379 e. The maximum Gasteiger partial charge on any atom is 0.157 e. The number of benzene rings is 1. The Bertz CT molecular complexity index is 1400. The normalized spacial score (nSPS) is 12.3. The highest BCUT2D eigenvalue weighted by atomic mass is 35.5. The topological polar surface area (TPSA) is 53.9 Å². The fourth-order valence-electron chi connectivity index (χ4n) is 3.76. The van der Waals surface area contributed by atoms with E-state index in [1.54, 1.807) is 47.6 Å². The van der Waals surface area contributed by atoms with E-state index < -0.39 is 11.6 Å². The van der Waals surface area contributed by atoms with Crippen molar-refractivity contribution >= 4 is 37.9 Å². The molecule has 1 aromatic carbocycles. The van der Waals surface area contributed by atoms with Gasteiger partial charge in [-0.1, -0.05) is 27.0 Å². The third-order valence-corrected chi connectivity index (χ3v) is 6.35. The second-order valence-corrected chi connectivity index (χ2v) is 8.60. The van der Waals surface area contributed by atoms with Crippen LogP contribution in [0.1, 0.15) is 23.9 Å². The Hall–Kier alpha value is -3.41. The predicted octanol–water partition coefficient (Wildman–Crippen LogP) is 6.53. The lowest BCUT2D eigenvalue weighted by molar-refractivity contribution is 0.591. The van der Waals surface area contributed by atoms with Crippen molar-refractivity contribution in [1.29, 1.82) is 0 Å². The molecule has 0 amide bonds. The molecule has 0 bridgehead atoms. The first-order valence-corrected chi connectivity index (χ1v) is 11.3. The highest BCUT2D eigenvalue weighted by Gasteiger charge is 2.19. The molecule has 34 heavy (non-hydrogen) atoms. The van der Waals surface area contributed by atoms with E-state index in [1.165, 1.54) is 12.1 Å². The molecule has 0 radical (unpaired) electrons. The van der Waals surface area contributed by atoms with Crippen LogP contribution in [0.4, 0.5) is 14.5 Å². The summed E-state index contributed by atoms with van der Waals surface area (Å²) in [4.78, 5) is 4.21. The van der Waals surface area contributed by atoms with Crippen LogP contribution >= 0.6 is 20.5 Å². The second-order valence-electron chi connectivity index (χ2n) is 7.69. The Labute approximate surface area is 203 Å². The average molecular weight is 498 g/mol. The van der Waals surface area contributed by atoms with Gasteiger partial charge in [0.05, 0.1) is 27.0 Å². The standard InChI is InChI=1S/C25H23ClF2N5P/c1-4-33-21(14(2)24-29-9-10-30-24)8-5-18(25(33)34)22-19(27)6-7-20(23(22)28)32-12-16-11-17(26)13-31-15(16)3/h4-11,13,29-30,32,34H,1,12H2,2-3H3. The van der Waals surface area contributed by atoms with Gasteiger partial charge in [0.1, 0.15) is 11.6 Å². The Morgan fingerprint density at radius 1 is 1.24 bits per heavy atom. The van der Waals surface area contributed by atoms with E-state index in [1.807, 2.05) is 13.8 Å². The zero-order valence-electron chi connectivity index (χ0n) is 18.6. The summed E-state index contributed by atoms with van der Waals surface area (Å²) >= 11 is 6.03. The third kappa shape index (κ3) is 4.49. The molecule has 9 heteroatoms. The van der Waals surface area contributed by atoms with Gasteiger partial charge in [0.15, 0.2) is 5.82 Å². The van der Waals surface area contributed by atoms with Crippen LogP contribution in [0.15, 0.2) is 61.3 Å². The Kier molecular flexibility index (Phi) is 6.87. The smallest absolute Gasteiger partial charge is 0.157 e. The maximum atomic E-state index is 15.6. The van der Waals surface area contributed by atoms with Crippen LogP contribution in [0.25, 0.3) is 22.9 Å². The van der Waals surface area contributed by atoms with Crippen molar-refractivity contribution in [3.8, 4) is 11.1 Å². The number of allylic oxidation sites excluding steroid dienone is 1. The molecule has 2 aromatic heterocycles. The van der Waals surface area contributed by atoms with Gasteiger partial charge in [-0.15, -0.1) is 0 Å². The Balaban J connectivity index is 1.74. The molecule has 3 N–H and O–H groups in total. The van der Waals surface area contributed by atoms with Gasteiger partial charge >= 0.3 is 0 Å². The van der Waals surface area contributed by atoms with Crippen LogP contribution in [-0.4, -0.2) is 9.55 Å². The van der Waals surface area contributed by atoms with Gasteiger partial charge < -0.3 is 20.5 Å². The van der Waals surface area contributed by atoms with E-state index in [0.29, 0.717) is 15.7 Å². The van der Waals surface area contributed by atoms with E-state index in [4.69, 9.17) is 11.6 Å². The summed E-state index contributed by atoms with van der Waals surface area (Å²) in [6.45, 7) is 7.93. The van der Waals surface area contributed by atoms with Gasteiger partial charge in [0.2, 0.25) is 0 Å². The molecular formula is C25H23ClF2N5P. The van der Waals surface area contributed by atoms with Gasteiger partial charge in [-0.2, -0.15) is 0 Å². The van der Waals surface area contributed by atoms with Crippen molar-refractivity contribution in [1.82, 2.24) is 20.2 Å². The lowest BCUT2D eigenvalue weighted by Crippen LogP contribution is -2.14. The zero-order valence-corrected chi connectivity index (χ0v) is 20.4. The minimum atomic E-state index is -0.700. The van der Waals surface area contributed by atoms with Crippen LogP contribution in [-0.2, 0) is 6.54 Å². The molecule has 174 valence electrons. The van der Waals surface area contributed by atoms with E-state index in [2.05, 4.69) is 36.4 Å². The van der Waals surface area contributed by atoms with E-state index in [9.17, 15) is 4.39 Å². The number of anilines is 1. The Morgan fingerprint density at radius 2 is 1.97 bits per heavy atom. The number of halogens is 3. The van der Waals surface area contributed by atoms with Crippen molar-refractivity contribution in [2.24, 2.45) is 0 Å². The number of nitrogens with one attached hydrogen (secondary N) is 3. The summed E-state index contributed by atoms with van der Waals surface area (Å²) < 4.78 is 32.2. The van der Waals surface area contributed by atoms with Crippen molar-refractivity contribution in [2.75, 3.05) is 5.32 Å². The highest BCUT2D eigenvalue weighted by molar-refractivity contribution is 7.07. The van der Waals surface area contributed by atoms with Crippen molar-refractivity contribution in [3.63, 3.8) is 0 Å². The van der Waals surface area contributed by atoms with Crippen LogP contribution in [0.5, 0.6) is 0 Å². The summed E-state index contributed by atoms with van der Waals surface area (Å²) in [5.41, 5.74) is 3.65. The summed E-state index contributed by atoms with van der Waals surface area (Å²) in [6, 6.07) is 7.86. The van der Waals surface area contributed by atoms with Gasteiger partial charge in [-0.05, 0) is 49.7 Å². The summed E-state index contributed by atoms with van der Waals surface area (Å²) in [7, 11) is 3.59. The molecule has 0 saturated carbocycles. The quantitative estimate of drug-likeness (QED) is 0.339. The third-order valence-electron chi connectivity index (χ3n) is 5.63. The van der Waals surface area contributed by atoms with Gasteiger partial charge in [-0.25, -0.2) is 8.78 Å². The fraction of sp³-hybridized carbons (Fsp3) is 0.120. The summed E-state index contributed by atoms with van der Waals surface area (Å²) in [6.07, 6.45) is 6.70. The van der Waals surface area contributed by atoms with E-state index in [0.717, 1.165) is 28.3 Å². The van der Waals surface area contributed by atoms with E-state index in [-0.39, 0.29) is 17.8 Å². The molecule has 0 unspecified atom stereocenters. The molecule has 0 aliphatic carbocycles. The number of pyridine rings is 2. The molecule has 1 aliphatic rings. The first-order valence-electron chi connectivity index (χ1n) is 10.5. The second kappa shape index (κ2) is 9.84. The Morgan fingerprint density at radius 3 is 2.68 bits per heavy atom. The zero-order chi connectivity index (χ0) is 24.4. The number of rotatable bonds is 6. The number of aromatic nitrogens is 2. The molecule has 4 rings (SSSR count). The fourth-order valence-corrected chi connectivity index (χ4v) is 4.36. The average Bonchev–Trinajstić information content (AvgIpc) is 3.36. The number of aryl methyl sites for hydroxylation is 1. The monoisotopic (exact) mass is 497 g/mol. The van der Waals surface area contributed by atoms with Crippen molar-refractivity contribution < 1.29 is 8.78 Å². The van der Waals surface area contributed by atoms with Gasteiger partial charge in [0.25, 0.3) is 0 Å². The minimum Gasteiger partial charge on any atom is -0.379 e. The number of nitrogens with zero attached hydrogens (tertiary/aromatic N) is 2. The molecule has 0 fully saturated rings. The van der Waals surface area contributed by atoms with Crippen LogP contribution in [0.3, 0.4) is 0 Å². The lowest BCUT2D eigenvalue weighted by atomic mass is 10.0. The molecule has 0 saturated heterocycles. The predicted molar refractivity (Wildman–Crippen MR) is 137 cm³/mol. The van der Waals surface area contributed by atoms with E-state index >= 15 is 4.39 Å². The molecule has 5 nitrogen and oxygen atoms in total. The minimum absolute atomic E-state index is 0.151. The molecule has 1 aliphatic heterocycles. The number of hydrogen-bond donors (Lipinski definition) is 3. The maximum absolute atomic E-state index is 15.6. The lowest BCUT2D eigenvalue weighted by Gasteiger charge is -2.18. The summed E-state index contributed by atoms with van der Waals surface area (Å²) in [5, 5.41) is 10.2. The molecule has 3 aromatic rings. The molecular weight excluding hydrogens is 475 g/mol. The van der Waals surface area contributed by atoms with Crippen molar-refractivity contribution in [2.45, 2.75) is 20.4 Å². The number of hydrogen-bond acceptors (Lipinski definition) is 4. The first-order chi connectivity index (χ1) is 16.3. The van der Waals surface area contributed by atoms with Gasteiger partial charge in [-0.3, -0.25) is 4.98 Å².